The normalized spacial score (nSPS) is 15.2. The molecule has 1 aliphatic rings. The van der Waals surface area contributed by atoms with Crippen LogP contribution in [0.2, 0.25) is 0 Å². The summed E-state index contributed by atoms with van der Waals surface area (Å²) in [7, 11) is 1.75. The summed E-state index contributed by atoms with van der Waals surface area (Å²) in [6, 6.07) is 23.7. The van der Waals surface area contributed by atoms with Crippen LogP contribution in [0.1, 0.15) is 16.7 Å². The van der Waals surface area contributed by atoms with Crippen molar-refractivity contribution in [3.05, 3.63) is 100.0 Å². The monoisotopic (exact) mass is 384 g/mol. The lowest BCUT2D eigenvalue weighted by atomic mass is 9.92. The van der Waals surface area contributed by atoms with E-state index in [-0.39, 0.29) is 12.5 Å². The highest BCUT2D eigenvalue weighted by atomic mass is 16.9. The number of aryl methyl sites for hydroxylation is 2. The fraction of sp³-hybridized carbons (Fsp3) is 0.167. The average molecular weight is 384 g/mol. The summed E-state index contributed by atoms with van der Waals surface area (Å²) in [5.74, 6) is -0.942. The van der Waals surface area contributed by atoms with Crippen molar-refractivity contribution >= 4 is 10.9 Å². The Labute approximate surface area is 168 Å². The molecule has 0 N–H and O–H groups in total. The van der Waals surface area contributed by atoms with Gasteiger partial charge in [-0.3, -0.25) is 4.57 Å². The van der Waals surface area contributed by atoms with E-state index in [1.807, 2.05) is 79.7 Å². The van der Waals surface area contributed by atoms with Crippen LogP contribution in [0.25, 0.3) is 22.2 Å². The quantitative estimate of drug-likeness (QED) is 0.533. The van der Waals surface area contributed by atoms with Gasteiger partial charge in [0.05, 0.1) is 11.2 Å². The number of nitrogens with zero attached hydrogens (tertiary/aromatic N) is 2. The lowest BCUT2D eigenvalue weighted by molar-refractivity contribution is -0.386. The molecular formula is C24H20N2O3. The van der Waals surface area contributed by atoms with Crippen molar-refractivity contribution in [1.82, 2.24) is 9.55 Å². The third kappa shape index (κ3) is 2.70. The molecule has 0 saturated carbocycles. The highest BCUT2D eigenvalue weighted by Gasteiger charge is 2.44. The van der Waals surface area contributed by atoms with Crippen LogP contribution in [-0.2, 0) is 22.3 Å². The number of fused-ring (bicyclic) bond motifs is 1. The van der Waals surface area contributed by atoms with Crippen LogP contribution in [-0.4, -0.2) is 16.3 Å². The molecule has 5 heteroatoms. The van der Waals surface area contributed by atoms with Gasteiger partial charge in [-0.1, -0.05) is 60.7 Å². The van der Waals surface area contributed by atoms with Crippen molar-refractivity contribution in [2.75, 3.05) is 6.79 Å². The molecule has 1 fully saturated rings. The van der Waals surface area contributed by atoms with Crippen molar-refractivity contribution in [3.8, 4) is 11.3 Å². The summed E-state index contributed by atoms with van der Waals surface area (Å²) in [6.45, 7) is 2.24. The third-order valence-corrected chi connectivity index (χ3v) is 5.49. The predicted octanol–water partition coefficient (Wildman–Crippen LogP) is 4.11. The van der Waals surface area contributed by atoms with Crippen molar-refractivity contribution in [1.29, 1.82) is 0 Å². The molecule has 1 aromatic heterocycles. The van der Waals surface area contributed by atoms with E-state index in [0.29, 0.717) is 5.69 Å². The number of ether oxygens (including phenoxy) is 2. The Balaban J connectivity index is 1.82. The Morgan fingerprint density at radius 2 is 1.59 bits per heavy atom. The Morgan fingerprint density at radius 3 is 2.21 bits per heavy atom. The Hall–Kier alpha value is -3.28. The first-order valence-electron chi connectivity index (χ1n) is 9.51. The molecule has 0 bridgehead atoms. The number of rotatable bonds is 3. The van der Waals surface area contributed by atoms with Crippen molar-refractivity contribution in [2.24, 2.45) is 7.05 Å². The molecule has 1 aliphatic heterocycles. The molecule has 0 radical (unpaired) electrons. The Morgan fingerprint density at radius 1 is 0.931 bits per heavy atom. The molecule has 0 amide bonds. The van der Waals surface area contributed by atoms with Gasteiger partial charge in [0.15, 0.2) is 6.79 Å². The smallest absolute Gasteiger partial charge is 0.315 e. The van der Waals surface area contributed by atoms with E-state index in [1.54, 1.807) is 11.6 Å². The fourth-order valence-electron chi connectivity index (χ4n) is 4.07. The molecule has 4 aromatic rings. The van der Waals surface area contributed by atoms with Crippen molar-refractivity contribution in [2.45, 2.75) is 12.7 Å². The number of hydrogen-bond donors (Lipinski definition) is 0. The van der Waals surface area contributed by atoms with Crippen LogP contribution >= 0.6 is 0 Å². The second-order valence-corrected chi connectivity index (χ2v) is 7.25. The van der Waals surface area contributed by atoms with Gasteiger partial charge in [0.2, 0.25) is 5.79 Å². The van der Waals surface area contributed by atoms with Gasteiger partial charge in [0.25, 0.3) is 0 Å². The Bertz CT molecular complexity index is 1260. The molecule has 0 unspecified atom stereocenters. The van der Waals surface area contributed by atoms with Crippen LogP contribution < -0.4 is 5.69 Å². The van der Waals surface area contributed by atoms with Crippen LogP contribution in [0.4, 0.5) is 0 Å². The summed E-state index contributed by atoms with van der Waals surface area (Å²) in [5.41, 5.74) is 4.93. The SMILES string of the molecule is Cc1cc(C2(c3ccccc3)OCO2)cc2c(-c3ccccc3)nc(=O)n(C)c12. The zero-order chi connectivity index (χ0) is 20.0. The standard InChI is InChI=1S/C24H20N2O3/c1-16-13-19(24(28-15-29-24)18-11-7-4-8-12-18)14-20-21(17-9-5-3-6-10-17)25-23(27)26(2)22(16)20/h3-14H,15H2,1-2H3. The summed E-state index contributed by atoms with van der Waals surface area (Å²) >= 11 is 0. The predicted molar refractivity (Wildman–Crippen MR) is 111 cm³/mol. The van der Waals surface area contributed by atoms with Crippen LogP contribution in [0.15, 0.2) is 77.6 Å². The van der Waals surface area contributed by atoms with Crippen LogP contribution in [0, 0.1) is 6.92 Å². The maximum Gasteiger partial charge on any atom is 0.348 e. The fourth-order valence-corrected chi connectivity index (χ4v) is 4.07. The highest BCUT2D eigenvalue weighted by Crippen LogP contribution is 2.43. The zero-order valence-corrected chi connectivity index (χ0v) is 16.3. The van der Waals surface area contributed by atoms with Crippen LogP contribution in [0.5, 0.6) is 0 Å². The molecule has 5 nitrogen and oxygen atoms in total. The minimum atomic E-state index is -0.942. The van der Waals surface area contributed by atoms with Gasteiger partial charge in [0.1, 0.15) is 0 Å². The molecular weight excluding hydrogens is 364 g/mol. The highest BCUT2D eigenvalue weighted by molar-refractivity contribution is 5.94. The summed E-state index contributed by atoms with van der Waals surface area (Å²) in [4.78, 5) is 16.9. The summed E-state index contributed by atoms with van der Waals surface area (Å²) < 4.78 is 13.6. The third-order valence-electron chi connectivity index (χ3n) is 5.49. The molecule has 144 valence electrons. The van der Waals surface area contributed by atoms with E-state index >= 15 is 0 Å². The minimum absolute atomic E-state index is 0.239. The maximum absolute atomic E-state index is 12.6. The van der Waals surface area contributed by atoms with E-state index in [4.69, 9.17) is 9.47 Å². The van der Waals surface area contributed by atoms with Gasteiger partial charge in [-0.05, 0) is 24.6 Å². The first kappa shape index (κ1) is 17.8. The van der Waals surface area contributed by atoms with E-state index < -0.39 is 5.79 Å². The Kier molecular flexibility index (Phi) is 4.08. The van der Waals surface area contributed by atoms with Crippen molar-refractivity contribution < 1.29 is 9.47 Å². The molecule has 2 heterocycles. The summed E-state index contributed by atoms with van der Waals surface area (Å²) in [6.07, 6.45) is 0. The van der Waals surface area contributed by atoms with Crippen LogP contribution in [0.3, 0.4) is 0 Å². The van der Waals surface area contributed by atoms with Gasteiger partial charge < -0.3 is 9.47 Å². The van der Waals surface area contributed by atoms with E-state index in [0.717, 1.165) is 33.2 Å². The van der Waals surface area contributed by atoms with Gasteiger partial charge in [0, 0.05) is 29.1 Å². The molecule has 0 atom stereocenters. The summed E-state index contributed by atoms with van der Waals surface area (Å²) in [5, 5.41) is 0.891. The van der Waals surface area contributed by atoms with Gasteiger partial charge in [-0.15, -0.1) is 0 Å². The second kappa shape index (κ2) is 6.65. The second-order valence-electron chi connectivity index (χ2n) is 7.25. The topological polar surface area (TPSA) is 53.4 Å². The number of benzene rings is 3. The number of aromatic nitrogens is 2. The molecule has 3 aromatic carbocycles. The first-order valence-corrected chi connectivity index (χ1v) is 9.51. The van der Waals surface area contributed by atoms with E-state index in [9.17, 15) is 4.79 Å². The average Bonchev–Trinajstić information content (AvgIpc) is 2.71. The van der Waals surface area contributed by atoms with Gasteiger partial charge in [-0.2, -0.15) is 4.98 Å². The lowest BCUT2D eigenvalue weighted by Crippen LogP contribution is -2.45. The molecule has 0 aliphatic carbocycles. The molecule has 5 rings (SSSR count). The molecule has 1 saturated heterocycles. The first-order chi connectivity index (χ1) is 14.1. The molecule has 29 heavy (non-hydrogen) atoms. The number of hydrogen-bond acceptors (Lipinski definition) is 4. The zero-order valence-electron chi connectivity index (χ0n) is 16.3. The van der Waals surface area contributed by atoms with Crippen molar-refractivity contribution in [3.63, 3.8) is 0 Å². The maximum atomic E-state index is 12.6. The van der Waals surface area contributed by atoms with E-state index in [1.165, 1.54) is 0 Å². The lowest BCUT2D eigenvalue weighted by Gasteiger charge is -2.42. The van der Waals surface area contributed by atoms with Gasteiger partial charge in [-0.25, -0.2) is 4.79 Å². The van der Waals surface area contributed by atoms with Gasteiger partial charge >= 0.3 is 5.69 Å². The minimum Gasteiger partial charge on any atom is -0.315 e. The molecule has 0 spiro atoms. The largest absolute Gasteiger partial charge is 0.348 e. The van der Waals surface area contributed by atoms with E-state index in [2.05, 4.69) is 4.98 Å².